The third kappa shape index (κ3) is 3.31. The number of hydrogen-bond donors (Lipinski definition) is 1. The lowest BCUT2D eigenvalue weighted by Gasteiger charge is -2.14. The number of rotatable bonds is 5. The van der Waals surface area contributed by atoms with Crippen molar-refractivity contribution < 1.29 is 4.74 Å². The van der Waals surface area contributed by atoms with E-state index in [-0.39, 0.29) is 6.04 Å². The van der Waals surface area contributed by atoms with Gasteiger partial charge in [-0.15, -0.1) is 0 Å². The van der Waals surface area contributed by atoms with E-state index in [0.717, 1.165) is 18.0 Å². The Morgan fingerprint density at radius 3 is 2.56 bits per heavy atom. The van der Waals surface area contributed by atoms with Crippen LogP contribution in [0, 0.1) is 0 Å². The van der Waals surface area contributed by atoms with Crippen LogP contribution in [0.2, 0.25) is 0 Å². The topological polar surface area (TPSA) is 34.1 Å². The number of hydrogen-bond acceptors (Lipinski definition) is 3. The fraction of sp³-hybridized carbons (Fsp3) is 0.267. The van der Waals surface area contributed by atoms with Gasteiger partial charge in [-0.1, -0.05) is 18.2 Å². The van der Waals surface area contributed by atoms with Crippen molar-refractivity contribution in [3.05, 3.63) is 59.9 Å². The van der Waals surface area contributed by atoms with Crippen LogP contribution in [0.25, 0.3) is 0 Å². The Kier molecular flexibility index (Phi) is 4.31. The highest BCUT2D eigenvalue weighted by atomic mass is 16.5. The summed E-state index contributed by atoms with van der Waals surface area (Å²) in [5.74, 6) is 0.885. The van der Waals surface area contributed by atoms with E-state index in [1.54, 1.807) is 7.11 Å². The van der Waals surface area contributed by atoms with E-state index >= 15 is 0 Å². The largest absolute Gasteiger partial charge is 0.497 e. The predicted octanol–water partition coefficient (Wildman–Crippen LogP) is 2.94. The van der Waals surface area contributed by atoms with Gasteiger partial charge in [-0.05, 0) is 36.8 Å². The Labute approximate surface area is 108 Å². The maximum absolute atomic E-state index is 5.15. The van der Waals surface area contributed by atoms with Gasteiger partial charge in [-0.3, -0.25) is 4.98 Å². The Morgan fingerprint density at radius 2 is 1.94 bits per heavy atom. The van der Waals surface area contributed by atoms with Crippen molar-refractivity contribution in [3.63, 3.8) is 0 Å². The number of benzene rings is 1. The third-order valence-electron chi connectivity index (χ3n) is 2.93. The molecule has 0 spiro atoms. The lowest BCUT2D eigenvalue weighted by Crippen LogP contribution is -2.18. The predicted molar refractivity (Wildman–Crippen MR) is 72.5 cm³/mol. The second kappa shape index (κ2) is 6.17. The number of methoxy groups -OCH3 is 1. The molecular formula is C15H18N2O. The molecule has 0 unspecified atom stereocenters. The number of aromatic nitrogens is 1. The molecule has 0 saturated heterocycles. The van der Waals surface area contributed by atoms with E-state index in [2.05, 4.69) is 29.4 Å². The van der Waals surface area contributed by atoms with Crippen LogP contribution in [-0.4, -0.2) is 12.1 Å². The van der Waals surface area contributed by atoms with Gasteiger partial charge in [-0.25, -0.2) is 0 Å². The molecule has 3 heteroatoms. The molecule has 94 valence electrons. The van der Waals surface area contributed by atoms with E-state index < -0.39 is 0 Å². The second-order valence-electron chi connectivity index (χ2n) is 4.20. The van der Waals surface area contributed by atoms with Crippen molar-refractivity contribution in [2.24, 2.45) is 0 Å². The zero-order chi connectivity index (χ0) is 12.8. The van der Waals surface area contributed by atoms with Crippen molar-refractivity contribution >= 4 is 0 Å². The summed E-state index contributed by atoms with van der Waals surface area (Å²) in [4.78, 5) is 4.29. The third-order valence-corrected chi connectivity index (χ3v) is 2.93. The lowest BCUT2D eigenvalue weighted by atomic mass is 10.1. The van der Waals surface area contributed by atoms with Gasteiger partial charge in [0.05, 0.1) is 12.8 Å². The standard InChI is InChI=1S/C15H18N2O/c1-12(13-6-8-15(18-2)9-7-13)17-11-14-5-3-4-10-16-14/h3-10,12,17H,11H2,1-2H3/t12-/m1/s1. The van der Waals surface area contributed by atoms with E-state index in [4.69, 9.17) is 4.74 Å². The van der Waals surface area contributed by atoms with Crippen molar-refractivity contribution in [1.29, 1.82) is 0 Å². The molecule has 0 fully saturated rings. The lowest BCUT2D eigenvalue weighted by molar-refractivity contribution is 0.414. The molecule has 0 radical (unpaired) electrons. The molecule has 1 atom stereocenters. The Balaban J connectivity index is 1.93. The summed E-state index contributed by atoms with van der Waals surface area (Å²) >= 11 is 0. The van der Waals surface area contributed by atoms with Crippen LogP contribution in [0.15, 0.2) is 48.7 Å². The maximum Gasteiger partial charge on any atom is 0.118 e. The summed E-state index contributed by atoms with van der Waals surface area (Å²) < 4.78 is 5.15. The fourth-order valence-electron chi connectivity index (χ4n) is 1.77. The quantitative estimate of drug-likeness (QED) is 0.875. The molecule has 1 aromatic carbocycles. The monoisotopic (exact) mass is 242 g/mol. The minimum Gasteiger partial charge on any atom is -0.497 e. The maximum atomic E-state index is 5.15. The first-order valence-corrected chi connectivity index (χ1v) is 6.07. The molecule has 1 heterocycles. The van der Waals surface area contributed by atoms with Gasteiger partial charge >= 0.3 is 0 Å². The van der Waals surface area contributed by atoms with Crippen molar-refractivity contribution in [1.82, 2.24) is 10.3 Å². The smallest absolute Gasteiger partial charge is 0.118 e. The Morgan fingerprint density at radius 1 is 1.17 bits per heavy atom. The van der Waals surface area contributed by atoms with Gasteiger partial charge in [-0.2, -0.15) is 0 Å². The molecule has 2 rings (SSSR count). The van der Waals surface area contributed by atoms with Crippen LogP contribution in [0.4, 0.5) is 0 Å². The normalized spacial score (nSPS) is 12.1. The average molecular weight is 242 g/mol. The van der Waals surface area contributed by atoms with Crippen LogP contribution >= 0.6 is 0 Å². The summed E-state index contributed by atoms with van der Waals surface area (Å²) in [6.45, 7) is 2.92. The average Bonchev–Trinajstić information content (AvgIpc) is 2.46. The van der Waals surface area contributed by atoms with Gasteiger partial charge in [0.2, 0.25) is 0 Å². The van der Waals surface area contributed by atoms with Crippen LogP contribution in [-0.2, 0) is 6.54 Å². The van der Waals surface area contributed by atoms with Crippen molar-refractivity contribution in [3.8, 4) is 5.75 Å². The minimum absolute atomic E-state index is 0.290. The van der Waals surface area contributed by atoms with E-state index in [1.807, 2.05) is 36.5 Å². The second-order valence-corrected chi connectivity index (χ2v) is 4.20. The molecule has 2 aromatic rings. The molecule has 0 bridgehead atoms. The number of ether oxygens (including phenoxy) is 1. The fourth-order valence-corrected chi connectivity index (χ4v) is 1.77. The van der Waals surface area contributed by atoms with E-state index in [1.165, 1.54) is 5.56 Å². The molecule has 0 aliphatic rings. The first-order valence-electron chi connectivity index (χ1n) is 6.07. The van der Waals surface area contributed by atoms with Crippen molar-refractivity contribution in [2.75, 3.05) is 7.11 Å². The molecule has 0 aliphatic carbocycles. The van der Waals surface area contributed by atoms with E-state index in [0.29, 0.717) is 0 Å². The van der Waals surface area contributed by atoms with E-state index in [9.17, 15) is 0 Å². The van der Waals surface area contributed by atoms with Crippen LogP contribution in [0.3, 0.4) is 0 Å². The number of pyridine rings is 1. The first-order chi connectivity index (χ1) is 8.79. The van der Waals surface area contributed by atoms with Crippen LogP contribution in [0.1, 0.15) is 24.2 Å². The molecule has 1 N–H and O–H groups in total. The van der Waals surface area contributed by atoms with Gasteiger partial charge in [0, 0.05) is 18.8 Å². The molecule has 0 aliphatic heterocycles. The van der Waals surface area contributed by atoms with Crippen LogP contribution < -0.4 is 10.1 Å². The molecule has 0 amide bonds. The highest BCUT2D eigenvalue weighted by molar-refractivity contribution is 5.28. The Hall–Kier alpha value is -1.87. The van der Waals surface area contributed by atoms with Crippen molar-refractivity contribution in [2.45, 2.75) is 19.5 Å². The zero-order valence-corrected chi connectivity index (χ0v) is 10.8. The van der Waals surface area contributed by atoms with Gasteiger partial charge in [0.25, 0.3) is 0 Å². The molecular weight excluding hydrogens is 224 g/mol. The SMILES string of the molecule is COc1ccc([C@@H](C)NCc2ccccn2)cc1. The summed E-state index contributed by atoms with van der Waals surface area (Å²) in [7, 11) is 1.68. The summed E-state index contributed by atoms with van der Waals surface area (Å²) in [6.07, 6.45) is 1.81. The highest BCUT2D eigenvalue weighted by Crippen LogP contribution is 2.17. The molecule has 18 heavy (non-hydrogen) atoms. The first kappa shape index (κ1) is 12.6. The highest BCUT2D eigenvalue weighted by Gasteiger charge is 2.05. The summed E-state index contributed by atoms with van der Waals surface area (Å²) in [6, 6.07) is 14.4. The van der Waals surface area contributed by atoms with Gasteiger partial charge in [0.15, 0.2) is 0 Å². The summed E-state index contributed by atoms with van der Waals surface area (Å²) in [5.41, 5.74) is 2.30. The zero-order valence-electron chi connectivity index (χ0n) is 10.8. The summed E-state index contributed by atoms with van der Waals surface area (Å²) in [5, 5.41) is 3.45. The minimum atomic E-state index is 0.290. The molecule has 3 nitrogen and oxygen atoms in total. The number of nitrogens with zero attached hydrogens (tertiary/aromatic N) is 1. The van der Waals surface area contributed by atoms with Crippen LogP contribution in [0.5, 0.6) is 5.75 Å². The van der Waals surface area contributed by atoms with Gasteiger partial charge in [0.1, 0.15) is 5.75 Å². The Bertz CT molecular complexity index is 468. The molecule has 0 saturated carbocycles. The molecule has 1 aromatic heterocycles. The number of nitrogens with one attached hydrogen (secondary N) is 1. The van der Waals surface area contributed by atoms with Gasteiger partial charge < -0.3 is 10.1 Å².